The summed E-state index contributed by atoms with van der Waals surface area (Å²) >= 11 is 0. The summed E-state index contributed by atoms with van der Waals surface area (Å²) in [4.78, 5) is 14.6. The summed E-state index contributed by atoms with van der Waals surface area (Å²) in [6.07, 6.45) is 3.62. The quantitative estimate of drug-likeness (QED) is 0.178. The monoisotopic (exact) mass is 770 g/mol. The van der Waals surface area contributed by atoms with E-state index in [1.165, 1.54) is 55.8 Å². The highest BCUT2D eigenvalue weighted by molar-refractivity contribution is 6.16. The third-order valence-corrected chi connectivity index (χ3v) is 13.4. The molecule has 0 spiro atoms. The van der Waals surface area contributed by atoms with Crippen molar-refractivity contribution >= 4 is 44.9 Å². The van der Waals surface area contributed by atoms with Crippen LogP contribution in [0.5, 0.6) is 0 Å². The van der Waals surface area contributed by atoms with E-state index in [2.05, 4.69) is 207 Å². The Morgan fingerprint density at radius 1 is 0.367 bits per heavy atom. The van der Waals surface area contributed by atoms with Crippen LogP contribution in [0.15, 0.2) is 182 Å². The molecule has 0 atom stereocenters. The highest BCUT2D eigenvalue weighted by Gasteiger charge is 2.38. The lowest BCUT2D eigenvalue weighted by Gasteiger charge is -2.42. The zero-order valence-electron chi connectivity index (χ0n) is 34.1. The summed E-state index contributed by atoms with van der Waals surface area (Å²) in [5.41, 5.74) is 21.1. The molecular formula is C56H42N4. The van der Waals surface area contributed by atoms with Crippen LogP contribution in [0.2, 0.25) is 0 Å². The van der Waals surface area contributed by atoms with Crippen LogP contribution in [0.3, 0.4) is 0 Å². The fourth-order valence-electron chi connectivity index (χ4n) is 10.5. The number of anilines is 6. The molecule has 0 saturated heterocycles. The number of hydrogen-bond donors (Lipinski definition) is 0. The lowest BCUT2D eigenvalue weighted by atomic mass is 9.73. The Morgan fingerprint density at radius 2 is 0.700 bits per heavy atom. The van der Waals surface area contributed by atoms with Crippen molar-refractivity contribution in [3.8, 4) is 44.8 Å². The minimum Gasteiger partial charge on any atom is -0.310 e. The van der Waals surface area contributed by atoms with Gasteiger partial charge in [-0.2, -0.15) is 0 Å². The summed E-state index contributed by atoms with van der Waals surface area (Å²) in [5.74, 6) is 0. The van der Waals surface area contributed by atoms with E-state index in [1.807, 2.05) is 12.4 Å². The average Bonchev–Trinajstić information content (AvgIpc) is 3.61. The van der Waals surface area contributed by atoms with Crippen LogP contribution in [-0.2, 0) is 10.8 Å². The van der Waals surface area contributed by atoms with E-state index in [0.717, 1.165) is 56.1 Å². The Morgan fingerprint density at radius 3 is 1.05 bits per heavy atom. The second-order valence-corrected chi connectivity index (χ2v) is 17.5. The SMILES string of the molecule is CC1(C)c2ccccc2N(c2ccc(-c3cc4c5c(cc(-c6ccc(N7c8ccccc8C(C)(C)c8ccccc87)cc6)cc5c3)-c3nccnc3-4)cc2)c2ccccc21. The Balaban J connectivity index is 0.948. The zero-order valence-corrected chi connectivity index (χ0v) is 34.1. The van der Waals surface area contributed by atoms with Crippen molar-refractivity contribution in [1.29, 1.82) is 0 Å². The van der Waals surface area contributed by atoms with Crippen molar-refractivity contribution in [3.63, 3.8) is 0 Å². The smallest absolute Gasteiger partial charge is 0.0972 e. The molecule has 0 unspecified atom stereocenters. The topological polar surface area (TPSA) is 32.3 Å². The number of para-hydroxylation sites is 4. The van der Waals surface area contributed by atoms with E-state index >= 15 is 0 Å². The lowest BCUT2D eigenvalue weighted by molar-refractivity contribution is 0.632. The van der Waals surface area contributed by atoms with E-state index in [0.29, 0.717) is 0 Å². The highest BCUT2D eigenvalue weighted by atomic mass is 15.2. The maximum absolute atomic E-state index is 4.90. The number of rotatable bonds is 4. The van der Waals surface area contributed by atoms with Crippen LogP contribution in [0, 0.1) is 0 Å². The molecule has 0 radical (unpaired) electrons. The molecule has 1 aliphatic carbocycles. The fourth-order valence-corrected chi connectivity index (χ4v) is 10.5. The van der Waals surface area contributed by atoms with Gasteiger partial charge in [0.05, 0.1) is 34.1 Å². The van der Waals surface area contributed by atoms with Crippen molar-refractivity contribution in [2.75, 3.05) is 9.80 Å². The van der Waals surface area contributed by atoms with Crippen molar-refractivity contribution in [3.05, 3.63) is 205 Å². The van der Waals surface area contributed by atoms with Gasteiger partial charge in [-0.15, -0.1) is 0 Å². The summed E-state index contributed by atoms with van der Waals surface area (Å²) in [5, 5.41) is 2.40. The summed E-state index contributed by atoms with van der Waals surface area (Å²) in [6, 6.07) is 62.7. The Labute approximate surface area is 351 Å². The summed E-state index contributed by atoms with van der Waals surface area (Å²) in [6.45, 7) is 9.33. The van der Waals surface area contributed by atoms with Crippen LogP contribution in [0.1, 0.15) is 49.9 Å². The van der Waals surface area contributed by atoms with Crippen LogP contribution >= 0.6 is 0 Å². The van der Waals surface area contributed by atoms with E-state index in [1.54, 1.807) is 0 Å². The van der Waals surface area contributed by atoms with Crippen molar-refractivity contribution < 1.29 is 0 Å². The number of aromatic nitrogens is 2. The predicted octanol–water partition coefficient (Wildman–Crippen LogP) is 14.8. The van der Waals surface area contributed by atoms with Crippen LogP contribution < -0.4 is 9.80 Å². The van der Waals surface area contributed by atoms with E-state index in [4.69, 9.17) is 9.97 Å². The Bertz CT molecular complexity index is 2900. The molecule has 0 saturated carbocycles. The van der Waals surface area contributed by atoms with Gasteiger partial charge >= 0.3 is 0 Å². The molecule has 9 aromatic rings. The molecule has 8 aromatic carbocycles. The first-order valence-electron chi connectivity index (χ1n) is 20.9. The third-order valence-electron chi connectivity index (χ3n) is 13.4. The van der Waals surface area contributed by atoms with Gasteiger partial charge in [-0.1, -0.05) is 125 Å². The maximum atomic E-state index is 4.90. The molecule has 1 aromatic heterocycles. The Hall–Kier alpha value is -7.30. The zero-order chi connectivity index (χ0) is 40.3. The van der Waals surface area contributed by atoms with Crippen LogP contribution in [0.25, 0.3) is 55.5 Å². The lowest BCUT2D eigenvalue weighted by Crippen LogP contribution is -2.30. The minimum absolute atomic E-state index is 0.0977. The summed E-state index contributed by atoms with van der Waals surface area (Å²) in [7, 11) is 0. The second-order valence-electron chi connectivity index (χ2n) is 17.5. The van der Waals surface area contributed by atoms with E-state index < -0.39 is 0 Å². The first-order valence-corrected chi connectivity index (χ1v) is 20.9. The molecule has 0 N–H and O–H groups in total. The van der Waals surface area contributed by atoms with Crippen molar-refractivity contribution in [1.82, 2.24) is 9.97 Å². The molecule has 0 amide bonds. The highest BCUT2D eigenvalue weighted by Crippen LogP contribution is 2.54. The largest absolute Gasteiger partial charge is 0.310 e. The van der Waals surface area contributed by atoms with Gasteiger partial charge in [0, 0.05) is 51.1 Å². The van der Waals surface area contributed by atoms with Crippen LogP contribution in [-0.4, -0.2) is 9.97 Å². The van der Waals surface area contributed by atoms with Crippen molar-refractivity contribution in [2.45, 2.75) is 38.5 Å². The molecule has 4 nitrogen and oxygen atoms in total. The van der Waals surface area contributed by atoms with Gasteiger partial charge < -0.3 is 9.80 Å². The van der Waals surface area contributed by atoms with Gasteiger partial charge in [-0.25, -0.2) is 0 Å². The van der Waals surface area contributed by atoms with E-state index in [-0.39, 0.29) is 10.8 Å². The first kappa shape index (κ1) is 34.7. The molecule has 4 heteroatoms. The van der Waals surface area contributed by atoms with Crippen LogP contribution in [0.4, 0.5) is 34.1 Å². The maximum Gasteiger partial charge on any atom is 0.0972 e. The van der Waals surface area contributed by atoms with Crippen molar-refractivity contribution in [2.24, 2.45) is 0 Å². The molecule has 286 valence electrons. The van der Waals surface area contributed by atoms with Gasteiger partial charge in [-0.3, -0.25) is 9.97 Å². The van der Waals surface area contributed by atoms with Gasteiger partial charge in [0.1, 0.15) is 0 Å². The number of fused-ring (bicyclic) bond motifs is 7. The summed E-state index contributed by atoms with van der Waals surface area (Å²) < 4.78 is 0. The minimum atomic E-state index is -0.0977. The second kappa shape index (κ2) is 12.6. The third kappa shape index (κ3) is 4.91. The first-order chi connectivity index (χ1) is 29.3. The number of hydrogen-bond acceptors (Lipinski definition) is 4. The molecule has 3 heterocycles. The Kier molecular flexibility index (Phi) is 7.29. The molecule has 0 bridgehead atoms. The van der Waals surface area contributed by atoms with Gasteiger partial charge in [0.2, 0.25) is 0 Å². The van der Waals surface area contributed by atoms with E-state index in [9.17, 15) is 0 Å². The molecular weight excluding hydrogens is 729 g/mol. The molecule has 0 fully saturated rings. The van der Waals surface area contributed by atoms with Gasteiger partial charge in [-0.05, 0) is 123 Å². The van der Waals surface area contributed by atoms with Gasteiger partial charge in [0.25, 0.3) is 0 Å². The fraction of sp³-hybridized carbons (Fsp3) is 0.107. The molecule has 60 heavy (non-hydrogen) atoms. The molecule has 12 rings (SSSR count). The molecule has 3 aliphatic rings. The number of nitrogens with zero attached hydrogens (tertiary/aromatic N) is 4. The standard InChI is InChI=1S/C56H42N4/c1-55(2)44-13-5-9-17-48(44)59(49-18-10-6-14-45(49)55)40-25-21-35(22-26-40)37-31-39-32-38(34-43-52(39)42(33-37)53-54(43)58-30-29-57-53)36-23-27-41(28-24-36)60-50-19-11-7-15-46(50)56(3,4)47-16-8-12-20-51(47)60/h5-34H,1-4H3. The predicted molar refractivity (Wildman–Crippen MR) is 248 cm³/mol. The average molecular weight is 771 g/mol. The van der Waals surface area contributed by atoms with Gasteiger partial charge in [0.15, 0.2) is 0 Å². The number of benzene rings is 8. The molecule has 2 aliphatic heterocycles. The normalized spacial score (nSPS) is 14.9.